The van der Waals surface area contributed by atoms with Gasteiger partial charge in [-0.05, 0) is 30.4 Å². The van der Waals surface area contributed by atoms with Crippen LogP contribution in [0.15, 0.2) is 24.3 Å². The Morgan fingerprint density at radius 1 is 0.826 bits per heavy atom. The van der Waals surface area contributed by atoms with Crippen LogP contribution in [-0.2, 0) is 15.9 Å². The molecule has 1 aliphatic rings. The van der Waals surface area contributed by atoms with Crippen molar-refractivity contribution in [2.75, 3.05) is 13.2 Å². The van der Waals surface area contributed by atoms with E-state index >= 15 is 0 Å². The Bertz CT molecular complexity index is 404. The molecule has 0 bridgehead atoms. The number of aryl methyl sites for hydroxylation is 1. The highest BCUT2D eigenvalue weighted by atomic mass is 16.6. The summed E-state index contributed by atoms with van der Waals surface area (Å²) in [6.07, 6.45) is 11.9. The van der Waals surface area contributed by atoms with Gasteiger partial charge < -0.3 is 9.47 Å². The van der Waals surface area contributed by atoms with Gasteiger partial charge in [0.15, 0.2) is 0 Å². The topological polar surface area (TPSA) is 18.5 Å². The van der Waals surface area contributed by atoms with Gasteiger partial charge in [0.1, 0.15) is 6.10 Å². The number of unbranched alkanes of at least 4 members (excludes halogenated alkanes) is 5. The summed E-state index contributed by atoms with van der Waals surface area (Å²) in [5.41, 5.74) is 2.70. The lowest BCUT2D eigenvalue weighted by molar-refractivity contribution is -0.137. The summed E-state index contributed by atoms with van der Waals surface area (Å²) >= 11 is 0. The molecular formula is C21H34O2. The first-order chi connectivity index (χ1) is 11.3. The summed E-state index contributed by atoms with van der Waals surface area (Å²) in [7, 11) is 0. The van der Waals surface area contributed by atoms with Gasteiger partial charge in [0, 0.05) is 0 Å². The molecule has 130 valence electrons. The minimum absolute atomic E-state index is 0.117. The lowest BCUT2D eigenvalue weighted by atomic mass is 10.0. The first-order valence-electron chi connectivity index (χ1n) is 9.65. The zero-order chi connectivity index (χ0) is 16.3. The molecule has 0 saturated carbocycles. The van der Waals surface area contributed by atoms with Gasteiger partial charge in [-0.1, -0.05) is 76.6 Å². The van der Waals surface area contributed by atoms with E-state index in [-0.39, 0.29) is 6.10 Å². The Labute approximate surface area is 142 Å². The summed E-state index contributed by atoms with van der Waals surface area (Å²) in [5, 5.41) is 0. The van der Waals surface area contributed by atoms with Crippen molar-refractivity contribution in [1.82, 2.24) is 0 Å². The number of hydrogen-bond acceptors (Lipinski definition) is 2. The fourth-order valence-corrected chi connectivity index (χ4v) is 3.18. The number of benzene rings is 1. The molecule has 0 radical (unpaired) electrons. The standard InChI is InChI=1S/C21H34O2/c1-3-5-7-9-11-20-16-23-21(17-22-20)19-14-12-18(13-15-19)10-8-6-4-2/h12-15,20-21H,3-11,16-17H2,1-2H3/t20-,21-/m1/s1. The maximum Gasteiger partial charge on any atom is 0.106 e. The zero-order valence-corrected chi connectivity index (χ0v) is 15.1. The molecular weight excluding hydrogens is 284 g/mol. The van der Waals surface area contributed by atoms with E-state index in [0.29, 0.717) is 12.7 Å². The van der Waals surface area contributed by atoms with E-state index < -0.39 is 0 Å². The van der Waals surface area contributed by atoms with Crippen molar-refractivity contribution >= 4 is 0 Å². The van der Waals surface area contributed by atoms with Crippen LogP contribution in [0, 0.1) is 0 Å². The van der Waals surface area contributed by atoms with Crippen LogP contribution in [0.3, 0.4) is 0 Å². The summed E-state index contributed by atoms with van der Waals surface area (Å²) in [6, 6.07) is 8.95. The van der Waals surface area contributed by atoms with E-state index in [1.807, 2.05) is 0 Å². The molecule has 2 rings (SSSR count). The Kier molecular flexibility index (Phi) is 8.70. The highest BCUT2D eigenvalue weighted by Gasteiger charge is 2.23. The average molecular weight is 319 g/mol. The van der Waals surface area contributed by atoms with Crippen molar-refractivity contribution in [2.24, 2.45) is 0 Å². The minimum Gasteiger partial charge on any atom is -0.373 e. The van der Waals surface area contributed by atoms with Gasteiger partial charge in [0.2, 0.25) is 0 Å². The molecule has 2 atom stereocenters. The second-order valence-corrected chi connectivity index (χ2v) is 6.83. The van der Waals surface area contributed by atoms with Gasteiger partial charge in [-0.15, -0.1) is 0 Å². The molecule has 1 aromatic carbocycles. The molecule has 0 spiro atoms. The van der Waals surface area contributed by atoms with Crippen LogP contribution >= 0.6 is 0 Å². The summed E-state index contributed by atoms with van der Waals surface area (Å²) < 4.78 is 12.1. The third-order valence-electron chi connectivity index (χ3n) is 4.77. The second kappa shape index (κ2) is 10.8. The van der Waals surface area contributed by atoms with Crippen molar-refractivity contribution < 1.29 is 9.47 Å². The summed E-state index contributed by atoms with van der Waals surface area (Å²) in [6.45, 7) is 5.95. The van der Waals surface area contributed by atoms with Crippen molar-refractivity contribution in [3.63, 3.8) is 0 Å². The first kappa shape index (κ1) is 18.5. The van der Waals surface area contributed by atoms with Crippen LogP contribution in [0.5, 0.6) is 0 Å². The molecule has 0 N–H and O–H groups in total. The van der Waals surface area contributed by atoms with Crippen LogP contribution in [0.2, 0.25) is 0 Å². The normalized spacial score (nSPS) is 21.5. The van der Waals surface area contributed by atoms with Crippen LogP contribution in [0.4, 0.5) is 0 Å². The lowest BCUT2D eigenvalue weighted by Gasteiger charge is -2.30. The van der Waals surface area contributed by atoms with Crippen molar-refractivity contribution in [1.29, 1.82) is 0 Å². The predicted octanol–water partition coefficient (Wildman–Crippen LogP) is 5.85. The molecule has 2 heteroatoms. The van der Waals surface area contributed by atoms with Gasteiger partial charge in [-0.25, -0.2) is 0 Å². The molecule has 0 aliphatic carbocycles. The van der Waals surface area contributed by atoms with Gasteiger partial charge in [-0.2, -0.15) is 0 Å². The van der Waals surface area contributed by atoms with Gasteiger partial charge >= 0.3 is 0 Å². The molecule has 0 aromatic heterocycles. The average Bonchev–Trinajstić information content (AvgIpc) is 2.60. The zero-order valence-electron chi connectivity index (χ0n) is 15.1. The second-order valence-electron chi connectivity index (χ2n) is 6.83. The van der Waals surface area contributed by atoms with Crippen molar-refractivity contribution in [2.45, 2.75) is 83.8 Å². The summed E-state index contributed by atoms with van der Waals surface area (Å²) in [4.78, 5) is 0. The smallest absolute Gasteiger partial charge is 0.106 e. The third kappa shape index (κ3) is 6.64. The molecule has 1 aromatic rings. The fourth-order valence-electron chi connectivity index (χ4n) is 3.18. The number of rotatable bonds is 10. The lowest BCUT2D eigenvalue weighted by Crippen LogP contribution is -2.31. The van der Waals surface area contributed by atoms with E-state index in [2.05, 4.69) is 38.1 Å². The molecule has 2 nitrogen and oxygen atoms in total. The molecule has 23 heavy (non-hydrogen) atoms. The van der Waals surface area contributed by atoms with Gasteiger partial charge in [0.25, 0.3) is 0 Å². The van der Waals surface area contributed by atoms with E-state index in [0.717, 1.165) is 13.0 Å². The van der Waals surface area contributed by atoms with Gasteiger partial charge in [0.05, 0.1) is 19.3 Å². The quantitative estimate of drug-likeness (QED) is 0.504. The highest BCUT2D eigenvalue weighted by molar-refractivity contribution is 5.24. The Hall–Kier alpha value is -0.860. The van der Waals surface area contributed by atoms with E-state index in [1.54, 1.807) is 0 Å². The Morgan fingerprint density at radius 2 is 1.57 bits per heavy atom. The van der Waals surface area contributed by atoms with Crippen LogP contribution in [0.25, 0.3) is 0 Å². The molecule has 1 aliphatic heterocycles. The van der Waals surface area contributed by atoms with Crippen LogP contribution in [0.1, 0.15) is 82.4 Å². The van der Waals surface area contributed by atoms with Gasteiger partial charge in [-0.3, -0.25) is 0 Å². The van der Waals surface area contributed by atoms with Crippen molar-refractivity contribution in [3.8, 4) is 0 Å². The largest absolute Gasteiger partial charge is 0.373 e. The molecule has 1 fully saturated rings. The van der Waals surface area contributed by atoms with Crippen LogP contribution < -0.4 is 0 Å². The van der Waals surface area contributed by atoms with Crippen molar-refractivity contribution in [3.05, 3.63) is 35.4 Å². The monoisotopic (exact) mass is 318 g/mol. The number of hydrogen-bond donors (Lipinski definition) is 0. The van der Waals surface area contributed by atoms with E-state index in [4.69, 9.17) is 9.47 Å². The minimum atomic E-state index is 0.117. The first-order valence-corrected chi connectivity index (χ1v) is 9.65. The molecule has 1 saturated heterocycles. The summed E-state index contributed by atoms with van der Waals surface area (Å²) in [5.74, 6) is 0. The molecule has 1 heterocycles. The number of ether oxygens (including phenoxy) is 2. The fraction of sp³-hybridized carbons (Fsp3) is 0.714. The Balaban J connectivity index is 1.70. The van der Waals surface area contributed by atoms with E-state index in [1.165, 1.54) is 62.5 Å². The Morgan fingerprint density at radius 3 is 2.22 bits per heavy atom. The molecule has 0 amide bonds. The van der Waals surface area contributed by atoms with Crippen LogP contribution in [-0.4, -0.2) is 19.3 Å². The highest BCUT2D eigenvalue weighted by Crippen LogP contribution is 2.25. The SMILES string of the molecule is CCCCCC[C@@H]1CO[C@@H](c2ccc(CCCCC)cc2)CO1. The maximum atomic E-state index is 6.05. The molecule has 0 unspecified atom stereocenters. The third-order valence-corrected chi connectivity index (χ3v) is 4.77. The maximum absolute atomic E-state index is 6.05. The van der Waals surface area contributed by atoms with E-state index in [9.17, 15) is 0 Å². The predicted molar refractivity (Wildman–Crippen MR) is 96.9 cm³/mol.